The van der Waals surface area contributed by atoms with Crippen molar-refractivity contribution in [1.82, 2.24) is 20.3 Å². The molecule has 0 radical (unpaired) electrons. The van der Waals surface area contributed by atoms with Crippen molar-refractivity contribution in [2.45, 2.75) is 37.8 Å². The minimum absolute atomic E-state index is 0.0298. The normalized spacial score (nSPS) is 17.8. The van der Waals surface area contributed by atoms with Crippen LogP contribution < -0.4 is 5.32 Å². The van der Waals surface area contributed by atoms with E-state index < -0.39 is 0 Å². The maximum absolute atomic E-state index is 11.6. The molecule has 1 saturated carbocycles. The molecule has 1 aliphatic rings. The first kappa shape index (κ1) is 11.1. The second kappa shape index (κ2) is 4.61. The van der Waals surface area contributed by atoms with Crippen molar-refractivity contribution in [3.8, 4) is 0 Å². The zero-order chi connectivity index (χ0) is 11.4. The Kier molecular flexibility index (Phi) is 3.19. The van der Waals surface area contributed by atoms with Crippen molar-refractivity contribution in [3.63, 3.8) is 0 Å². The number of carbonyl (C=O) groups excluding carboxylic acids is 1. The number of hydrogen-bond donors (Lipinski definition) is 2. The highest BCUT2D eigenvalue weighted by Crippen LogP contribution is 2.31. The van der Waals surface area contributed by atoms with Crippen molar-refractivity contribution in [1.29, 1.82) is 0 Å². The maximum Gasteiger partial charge on any atom is 0.222 e. The van der Waals surface area contributed by atoms with Crippen LogP contribution in [0.3, 0.4) is 0 Å². The lowest BCUT2D eigenvalue weighted by molar-refractivity contribution is -0.125. The first-order valence-corrected chi connectivity index (χ1v) is 5.50. The van der Waals surface area contributed by atoms with Gasteiger partial charge in [0.25, 0.3) is 0 Å². The number of nitrogens with one attached hydrogen (secondary N) is 1. The third-order valence-electron chi connectivity index (χ3n) is 3.06. The highest BCUT2D eigenvalue weighted by Gasteiger charge is 2.37. The standard InChI is InChI=1S/C10H16N4O2/c15-8-10(3-1-4-10)12-9(16)2-6-14-7-5-11-13-14/h5,7,15H,1-4,6,8H2,(H,12,16). The average molecular weight is 224 g/mol. The van der Waals surface area contributed by atoms with Crippen molar-refractivity contribution >= 4 is 5.91 Å². The molecule has 0 atom stereocenters. The van der Waals surface area contributed by atoms with Gasteiger partial charge in [0.2, 0.25) is 5.91 Å². The fraction of sp³-hybridized carbons (Fsp3) is 0.700. The predicted octanol–water partition coefficient (Wildman–Crippen LogP) is -0.301. The molecule has 6 nitrogen and oxygen atoms in total. The van der Waals surface area contributed by atoms with Gasteiger partial charge in [0.1, 0.15) is 0 Å². The number of nitrogens with zero attached hydrogens (tertiary/aromatic N) is 3. The van der Waals surface area contributed by atoms with E-state index in [1.54, 1.807) is 17.1 Å². The van der Waals surface area contributed by atoms with Gasteiger partial charge in [-0.05, 0) is 19.3 Å². The van der Waals surface area contributed by atoms with Crippen LogP contribution in [0.2, 0.25) is 0 Å². The number of aliphatic hydroxyl groups excluding tert-OH is 1. The topological polar surface area (TPSA) is 80.0 Å². The second-order valence-corrected chi connectivity index (χ2v) is 4.26. The van der Waals surface area contributed by atoms with Gasteiger partial charge in [0.05, 0.1) is 24.9 Å². The van der Waals surface area contributed by atoms with Crippen LogP contribution in [-0.2, 0) is 11.3 Å². The number of hydrogen-bond acceptors (Lipinski definition) is 4. The quantitative estimate of drug-likeness (QED) is 0.719. The minimum Gasteiger partial charge on any atom is -0.394 e. The monoisotopic (exact) mass is 224 g/mol. The molecule has 2 N–H and O–H groups in total. The first-order valence-electron chi connectivity index (χ1n) is 5.50. The molecular weight excluding hydrogens is 208 g/mol. The largest absolute Gasteiger partial charge is 0.394 e. The number of aliphatic hydroxyl groups is 1. The summed E-state index contributed by atoms with van der Waals surface area (Å²) in [7, 11) is 0. The van der Waals surface area contributed by atoms with Gasteiger partial charge in [-0.25, -0.2) is 0 Å². The van der Waals surface area contributed by atoms with Gasteiger partial charge in [-0.1, -0.05) is 5.21 Å². The second-order valence-electron chi connectivity index (χ2n) is 4.26. The van der Waals surface area contributed by atoms with E-state index in [9.17, 15) is 9.90 Å². The molecule has 6 heteroatoms. The third kappa shape index (κ3) is 2.38. The highest BCUT2D eigenvalue weighted by atomic mass is 16.3. The summed E-state index contributed by atoms with van der Waals surface area (Å²) < 4.78 is 1.62. The van der Waals surface area contributed by atoms with Gasteiger partial charge >= 0.3 is 0 Å². The summed E-state index contributed by atoms with van der Waals surface area (Å²) in [6, 6.07) is 0. The molecule has 0 unspecified atom stereocenters. The molecule has 0 aliphatic heterocycles. The van der Waals surface area contributed by atoms with E-state index in [4.69, 9.17) is 0 Å². The Morgan fingerprint density at radius 1 is 1.56 bits per heavy atom. The Hall–Kier alpha value is -1.43. The van der Waals surface area contributed by atoms with E-state index in [-0.39, 0.29) is 18.1 Å². The van der Waals surface area contributed by atoms with Crippen molar-refractivity contribution < 1.29 is 9.90 Å². The molecule has 0 saturated heterocycles. The van der Waals surface area contributed by atoms with Crippen LogP contribution in [0.15, 0.2) is 12.4 Å². The third-order valence-corrected chi connectivity index (χ3v) is 3.06. The molecule has 2 rings (SSSR count). The Labute approximate surface area is 93.6 Å². The van der Waals surface area contributed by atoms with E-state index in [1.807, 2.05) is 0 Å². The van der Waals surface area contributed by atoms with Crippen LogP contribution in [0.4, 0.5) is 0 Å². The zero-order valence-corrected chi connectivity index (χ0v) is 9.09. The maximum atomic E-state index is 11.6. The fourth-order valence-corrected chi connectivity index (χ4v) is 1.85. The van der Waals surface area contributed by atoms with Crippen LogP contribution in [0.5, 0.6) is 0 Å². The molecule has 1 aliphatic carbocycles. The molecule has 1 aromatic heterocycles. The lowest BCUT2D eigenvalue weighted by atomic mass is 9.77. The van der Waals surface area contributed by atoms with Crippen LogP contribution in [0.25, 0.3) is 0 Å². The average Bonchev–Trinajstić information content (AvgIpc) is 2.73. The number of rotatable bonds is 5. The number of aryl methyl sites for hydroxylation is 1. The van der Waals surface area contributed by atoms with Gasteiger partial charge in [-0.15, -0.1) is 5.10 Å². The Balaban J connectivity index is 1.76. The lowest BCUT2D eigenvalue weighted by Crippen LogP contribution is -2.56. The SMILES string of the molecule is O=C(CCn1ccnn1)NC1(CO)CCC1. The van der Waals surface area contributed by atoms with Crippen molar-refractivity contribution in [2.75, 3.05) is 6.61 Å². The van der Waals surface area contributed by atoms with E-state index in [0.717, 1.165) is 19.3 Å². The summed E-state index contributed by atoms with van der Waals surface area (Å²) >= 11 is 0. The molecule has 0 spiro atoms. The summed E-state index contributed by atoms with van der Waals surface area (Å²) in [5.41, 5.74) is -0.348. The number of carbonyl (C=O) groups is 1. The minimum atomic E-state index is -0.348. The summed E-state index contributed by atoms with van der Waals surface area (Å²) in [6.07, 6.45) is 6.49. The van der Waals surface area contributed by atoms with Gasteiger partial charge in [-0.2, -0.15) is 0 Å². The van der Waals surface area contributed by atoms with Crippen molar-refractivity contribution in [3.05, 3.63) is 12.4 Å². The van der Waals surface area contributed by atoms with E-state index in [0.29, 0.717) is 13.0 Å². The van der Waals surface area contributed by atoms with E-state index in [2.05, 4.69) is 15.6 Å². The molecule has 88 valence electrons. The molecule has 0 aromatic carbocycles. The highest BCUT2D eigenvalue weighted by molar-refractivity contribution is 5.76. The van der Waals surface area contributed by atoms with Gasteiger partial charge in [0, 0.05) is 12.6 Å². The molecule has 16 heavy (non-hydrogen) atoms. The lowest BCUT2D eigenvalue weighted by Gasteiger charge is -2.40. The van der Waals surface area contributed by atoms with Gasteiger partial charge in [-0.3, -0.25) is 9.48 Å². The molecule has 1 amide bonds. The molecular formula is C10H16N4O2. The summed E-state index contributed by atoms with van der Waals surface area (Å²) in [5.74, 6) is -0.0377. The van der Waals surface area contributed by atoms with Gasteiger partial charge in [0.15, 0.2) is 0 Å². The van der Waals surface area contributed by atoms with Crippen LogP contribution >= 0.6 is 0 Å². The predicted molar refractivity (Wildman–Crippen MR) is 56.4 cm³/mol. The fourth-order valence-electron chi connectivity index (χ4n) is 1.85. The van der Waals surface area contributed by atoms with Gasteiger partial charge < -0.3 is 10.4 Å². The summed E-state index contributed by atoms with van der Waals surface area (Å²) in [5, 5.41) is 19.5. The van der Waals surface area contributed by atoms with Crippen LogP contribution in [0.1, 0.15) is 25.7 Å². The number of amides is 1. The molecule has 0 bridgehead atoms. The Morgan fingerprint density at radius 3 is 2.88 bits per heavy atom. The number of aromatic nitrogens is 3. The Morgan fingerprint density at radius 2 is 2.38 bits per heavy atom. The zero-order valence-electron chi connectivity index (χ0n) is 9.09. The smallest absolute Gasteiger partial charge is 0.222 e. The van der Waals surface area contributed by atoms with E-state index in [1.165, 1.54) is 0 Å². The molecule has 1 aromatic rings. The van der Waals surface area contributed by atoms with E-state index >= 15 is 0 Å². The first-order chi connectivity index (χ1) is 7.74. The summed E-state index contributed by atoms with van der Waals surface area (Å²) in [6.45, 7) is 0.551. The molecule has 1 fully saturated rings. The van der Waals surface area contributed by atoms with Crippen LogP contribution in [-0.4, -0.2) is 38.2 Å². The molecule has 1 heterocycles. The van der Waals surface area contributed by atoms with Crippen molar-refractivity contribution in [2.24, 2.45) is 0 Å². The van der Waals surface area contributed by atoms with Crippen LogP contribution in [0, 0.1) is 0 Å². The Bertz CT molecular complexity index is 340. The summed E-state index contributed by atoms with van der Waals surface area (Å²) in [4.78, 5) is 11.6.